The average molecular weight is 325 g/mol. The zero-order chi connectivity index (χ0) is 16.9. The van der Waals surface area contributed by atoms with E-state index in [1.54, 1.807) is 0 Å². The summed E-state index contributed by atoms with van der Waals surface area (Å²) >= 11 is 0. The van der Waals surface area contributed by atoms with Crippen molar-refractivity contribution in [2.75, 3.05) is 18.0 Å². The van der Waals surface area contributed by atoms with Crippen LogP contribution in [0.4, 0.5) is 5.69 Å². The van der Waals surface area contributed by atoms with Gasteiger partial charge in [0.2, 0.25) is 0 Å². The van der Waals surface area contributed by atoms with Gasteiger partial charge in [-0.05, 0) is 38.0 Å². The predicted molar refractivity (Wildman–Crippen MR) is 93.4 cm³/mol. The second kappa shape index (κ2) is 7.43. The van der Waals surface area contributed by atoms with Crippen LogP contribution in [0, 0.1) is 6.92 Å². The molecule has 1 N–H and O–H groups in total. The van der Waals surface area contributed by atoms with Gasteiger partial charge in [0, 0.05) is 42.5 Å². The summed E-state index contributed by atoms with van der Waals surface area (Å²) in [5.41, 5.74) is 2.98. The van der Waals surface area contributed by atoms with E-state index in [1.165, 1.54) is 5.69 Å². The molecule has 5 nitrogen and oxygen atoms in total. The first kappa shape index (κ1) is 16.4. The van der Waals surface area contributed by atoms with Gasteiger partial charge in [0.1, 0.15) is 5.82 Å². The summed E-state index contributed by atoms with van der Waals surface area (Å²) in [5.74, 6) is 0.360. The molecule has 0 bridgehead atoms. The maximum Gasteiger partial charge on any atom is 0.303 e. The lowest BCUT2D eigenvalue weighted by molar-refractivity contribution is -0.136. The highest BCUT2D eigenvalue weighted by Gasteiger charge is 2.24. The number of rotatable bonds is 5. The largest absolute Gasteiger partial charge is 0.481 e. The number of carbonyl (C=O) groups is 1. The first-order chi connectivity index (χ1) is 11.6. The number of para-hydroxylation sites is 1. The molecule has 3 rings (SSSR count). The molecule has 0 radical (unpaired) electrons. The Morgan fingerprint density at radius 1 is 1.29 bits per heavy atom. The zero-order valence-electron chi connectivity index (χ0n) is 14.0. The lowest BCUT2D eigenvalue weighted by Gasteiger charge is -2.34. The monoisotopic (exact) mass is 325 g/mol. The van der Waals surface area contributed by atoms with Crippen molar-refractivity contribution in [3.8, 4) is 0 Å². The maximum atomic E-state index is 10.8. The first-order valence-corrected chi connectivity index (χ1v) is 8.48. The minimum Gasteiger partial charge on any atom is -0.481 e. The van der Waals surface area contributed by atoms with Crippen LogP contribution in [0.2, 0.25) is 0 Å². The molecule has 1 aliphatic heterocycles. The van der Waals surface area contributed by atoms with Gasteiger partial charge in [0.25, 0.3) is 0 Å². The molecule has 0 spiro atoms. The molecule has 24 heavy (non-hydrogen) atoms. The Bertz CT molecular complexity index is 703. The standard InChI is InChI=1S/C19H23N3O2/c1-14-12-16(9-10-18(23)24)21-19(20-14)15-6-5-11-22(13-15)17-7-3-2-4-8-17/h2-4,7-8,12,15H,5-6,9-11,13H2,1H3,(H,23,24). The highest BCUT2D eigenvalue weighted by Crippen LogP contribution is 2.28. The van der Waals surface area contributed by atoms with E-state index in [4.69, 9.17) is 5.11 Å². The summed E-state index contributed by atoms with van der Waals surface area (Å²) in [6.45, 7) is 3.91. The molecule has 1 saturated heterocycles. The molecular weight excluding hydrogens is 302 g/mol. The van der Waals surface area contributed by atoms with Gasteiger partial charge in [-0.2, -0.15) is 0 Å². The van der Waals surface area contributed by atoms with Crippen molar-refractivity contribution in [3.63, 3.8) is 0 Å². The Morgan fingerprint density at radius 2 is 2.08 bits per heavy atom. The summed E-state index contributed by atoms with van der Waals surface area (Å²) in [6.07, 6.45) is 2.75. The molecule has 1 aliphatic rings. The van der Waals surface area contributed by atoms with Gasteiger partial charge in [-0.25, -0.2) is 9.97 Å². The predicted octanol–water partition coefficient (Wildman–Crippen LogP) is 3.19. The highest BCUT2D eigenvalue weighted by atomic mass is 16.4. The third kappa shape index (κ3) is 4.10. The van der Waals surface area contributed by atoms with E-state index in [1.807, 2.05) is 19.1 Å². The topological polar surface area (TPSA) is 66.3 Å². The van der Waals surface area contributed by atoms with Gasteiger partial charge in [0.15, 0.2) is 0 Å². The van der Waals surface area contributed by atoms with Gasteiger partial charge in [-0.3, -0.25) is 4.79 Å². The van der Waals surface area contributed by atoms with E-state index >= 15 is 0 Å². The number of benzene rings is 1. The molecule has 1 unspecified atom stereocenters. The number of aryl methyl sites for hydroxylation is 2. The van der Waals surface area contributed by atoms with Gasteiger partial charge in [0.05, 0.1) is 6.42 Å². The second-order valence-electron chi connectivity index (χ2n) is 6.37. The molecule has 1 atom stereocenters. The molecule has 0 saturated carbocycles. The minimum absolute atomic E-state index is 0.108. The maximum absolute atomic E-state index is 10.8. The molecule has 1 aromatic heterocycles. The molecule has 5 heteroatoms. The van der Waals surface area contributed by atoms with Gasteiger partial charge >= 0.3 is 5.97 Å². The number of nitrogens with zero attached hydrogens (tertiary/aromatic N) is 3. The lowest BCUT2D eigenvalue weighted by Crippen LogP contribution is -2.35. The van der Waals surface area contributed by atoms with Gasteiger partial charge in [-0.1, -0.05) is 18.2 Å². The SMILES string of the molecule is Cc1cc(CCC(=O)O)nc(C2CCCN(c3ccccc3)C2)n1. The Kier molecular flexibility index (Phi) is 5.08. The Balaban J connectivity index is 1.76. The van der Waals surface area contributed by atoms with E-state index in [0.29, 0.717) is 12.3 Å². The van der Waals surface area contributed by atoms with Crippen LogP contribution in [-0.4, -0.2) is 34.1 Å². The van der Waals surface area contributed by atoms with E-state index in [-0.39, 0.29) is 6.42 Å². The molecule has 0 amide bonds. The quantitative estimate of drug-likeness (QED) is 0.914. The minimum atomic E-state index is -0.791. The van der Waals surface area contributed by atoms with Crippen molar-refractivity contribution in [3.05, 3.63) is 53.6 Å². The van der Waals surface area contributed by atoms with Crippen molar-refractivity contribution >= 4 is 11.7 Å². The van der Waals surface area contributed by atoms with Crippen molar-refractivity contribution in [1.29, 1.82) is 0 Å². The van der Waals surface area contributed by atoms with Crippen LogP contribution < -0.4 is 4.90 Å². The molecule has 2 aromatic rings. The Hall–Kier alpha value is -2.43. The number of aliphatic carboxylic acids is 1. The summed E-state index contributed by atoms with van der Waals surface area (Å²) in [4.78, 5) is 22.5. The van der Waals surface area contributed by atoms with Crippen LogP contribution in [0.15, 0.2) is 36.4 Å². The lowest BCUT2D eigenvalue weighted by atomic mass is 9.96. The number of piperidine rings is 1. The van der Waals surface area contributed by atoms with Crippen LogP contribution in [-0.2, 0) is 11.2 Å². The van der Waals surface area contributed by atoms with E-state index < -0.39 is 5.97 Å². The number of hydrogen-bond acceptors (Lipinski definition) is 4. The second-order valence-corrected chi connectivity index (χ2v) is 6.37. The van der Waals surface area contributed by atoms with Crippen LogP contribution in [0.5, 0.6) is 0 Å². The molecule has 1 aromatic carbocycles. The molecular formula is C19H23N3O2. The fourth-order valence-corrected chi connectivity index (χ4v) is 3.27. The fourth-order valence-electron chi connectivity index (χ4n) is 3.27. The first-order valence-electron chi connectivity index (χ1n) is 8.48. The number of aromatic nitrogens is 2. The van der Waals surface area contributed by atoms with Gasteiger partial charge < -0.3 is 10.0 Å². The van der Waals surface area contributed by atoms with Crippen molar-refractivity contribution in [1.82, 2.24) is 9.97 Å². The molecule has 1 fully saturated rings. The number of carboxylic acids is 1. The van der Waals surface area contributed by atoms with Crippen LogP contribution in [0.25, 0.3) is 0 Å². The number of hydrogen-bond donors (Lipinski definition) is 1. The van der Waals surface area contributed by atoms with Crippen molar-refractivity contribution in [2.45, 2.75) is 38.5 Å². The Morgan fingerprint density at radius 3 is 2.83 bits per heavy atom. The van der Waals surface area contributed by atoms with Crippen molar-refractivity contribution in [2.24, 2.45) is 0 Å². The van der Waals surface area contributed by atoms with E-state index in [2.05, 4.69) is 39.1 Å². The zero-order valence-corrected chi connectivity index (χ0v) is 14.0. The summed E-state index contributed by atoms with van der Waals surface area (Å²) in [7, 11) is 0. The van der Waals surface area contributed by atoms with E-state index in [0.717, 1.165) is 43.1 Å². The van der Waals surface area contributed by atoms with Crippen LogP contribution in [0.3, 0.4) is 0 Å². The smallest absolute Gasteiger partial charge is 0.303 e. The molecule has 126 valence electrons. The highest BCUT2D eigenvalue weighted by molar-refractivity contribution is 5.66. The number of anilines is 1. The number of carboxylic acid groups (broad SMARTS) is 1. The van der Waals surface area contributed by atoms with E-state index in [9.17, 15) is 4.79 Å². The third-order valence-electron chi connectivity index (χ3n) is 4.43. The van der Waals surface area contributed by atoms with Crippen molar-refractivity contribution < 1.29 is 9.90 Å². The molecule has 2 heterocycles. The normalized spacial score (nSPS) is 17.7. The Labute approximate surface area is 142 Å². The summed E-state index contributed by atoms with van der Waals surface area (Å²) in [6, 6.07) is 12.3. The van der Waals surface area contributed by atoms with Gasteiger partial charge in [-0.15, -0.1) is 0 Å². The van der Waals surface area contributed by atoms with Crippen LogP contribution in [0.1, 0.15) is 42.4 Å². The summed E-state index contributed by atoms with van der Waals surface area (Å²) in [5, 5.41) is 8.87. The third-order valence-corrected chi connectivity index (χ3v) is 4.43. The summed E-state index contributed by atoms with van der Waals surface area (Å²) < 4.78 is 0. The molecule has 0 aliphatic carbocycles. The fraction of sp³-hybridized carbons (Fsp3) is 0.421. The average Bonchev–Trinajstić information content (AvgIpc) is 2.60. The van der Waals surface area contributed by atoms with Crippen LogP contribution >= 0.6 is 0 Å².